The van der Waals surface area contributed by atoms with Gasteiger partial charge in [0.15, 0.2) is 0 Å². The van der Waals surface area contributed by atoms with Crippen molar-refractivity contribution in [2.24, 2.45) is 0 Å². The first-order valence-electron chi connectivity index (χ1n) is 6.63. The maximum atomic E-state index is 11.4. The molecule has 0 aromatic heterocycles. The van der Waals surface area contributed by atoms with E-state index in [-0.39, 0.29) is 11.6 Å². The van der Waals surface area contributed by atoms with Crippen LogP contribution in [0.2, 0.25) is 0 Å². The molecule has 0 aromatic rings. The van der Waals surface area contributed by atoms with Gasteiger partial charge in [0.2, 0.25) is 0 Å². The maximum absolute atomic E-state index is 11.4. The minimum absolute atomic E-state index is 0.102. The quantitative estimate of drug-likeness (QED) is 0.742. The lowest BCUT2D eigenvalue weighted by Gasteiger charge is -2.25. The highest BCUT2D eigenvalue weighted by Crippen LogP contribution is 2.10. The Morgan fingerprint density at radius 1 is 1.29 bits per heavy atom. The Labute approximate surface area is 105 Å². The summed E-state index contributed by atoms with van der Waals surface area (Å²) in [5.74, 6) is -0.102. The lowest BCUT2D eigenvalue weighted by molar-refractivity contribution is -0.155. The molecule has 2 N–H and O–H groups in total. The first-order valence-corrected chi connectivity index (χ1v) is 6.63. The van der Waals surface area contributed by atoms with Crippen molar-refractivity contribution in [3.05, 3.63) is 0 Å². The molecule has 1 unspecified atom stereocenters. The summed E-state index contributed by atoms with van der Waals surface area (Å²) < 4.78 is 5.24. The molecule has 4 nitrogen and oxygen atoms in total. The minimum Gasteiger partial charge on any atom is -0.460 e. The average Bonchev–Trinajstić information content (AvgIpc) is 2.28. The number of carbonyl (C=O) groups excluding carboxylic acids is 1. The van der Waals surface area contributed by atoms with Crippen molar-refractivity contribution in [1.82, 2.24) is 10.6 Å². The molecular formula is C13H28N2O2. The van der Waals surface area contributed by atoms with Crippen LogP contribution in [0.15, 0.2) is 0 Å². The van der Waals surface area contributed by atoms with E-state index in [1.165, 1.54) is 0 Å². The molecule has 0 aromatic carbocycles. The Morgan fingerprint density at radius 3 is 2.41 bits per heavy atom. The van der Waals surface area contributed by atoms with Crippen LogP contribution in [0, 0.1) is 0 Å². The van der Waals surface area contributed by atoms with Crippen LogP contribution < -0.4 is 10.6 Å². The molecule has 1 atom stereocenters. The van der Waals surface area contributed by atoms with E-state index in [4.69, 9.17) is 4.74 Å². The highest BCUT2D eigenvalue weighted by atomic mass is 16.6. The first kappa shape index (κ1) is 16.4. The summed E-state index contributed by atoms with van der Waals surface area (Å²) in [4.78, 5) is 11.4. The molecule has 0 bridgehead atoms. The highest BCUT2D eigenvalue weighted by molar-refractivity contribution is 5.69. The van der Waals surface area contributed by atoms with Gasteiger partial charge in [-0.05, 0) is 27.2 Å². The molecule has 1 aliphatic heterocycles. The second kappa shape index (κ2) is 8.48. The molecule has 1 fully saturated rings. The second-order valence-electron chi connectivity index (χ2n) is 4.98. The SMILES string of the molecule is CC.CC(C)(C)OC(=O)CCC1CNCCN1. The Bertz CT molecular complexity index is 206. The van der Waals surface area contributed by atoms with Crippen LogP contribution in [-0.2, 0) is 9.53 Å². The predicted molar refractivity (Wildman–Crippen MR) is 71.1 cm³/mol. The molecule has 0 amide bonds. The second-order valence-corrected chi connectivity index (χ2v) is 4.98. The summed E-state index contributed by atoms with van der Waals surface area (Å²) >= 11 is 0. The lowest BCUT2D eigenvalue weighted by atomic mass is 10.1. The van der Waals surface area contributed by atoms with Crippen LogP contribution in [-0.4, -0.2) is 37.2 Å². The standard InChI is InChI=1S/C11H22N2O2.C2H6/c1-11(2,3)15-10(14)5-4-9-8-12-6-7-13-9;1-2/h9,12-13H,4-8H2,1-3H3;1-2H3. The smallest absolute Gasteiger partial charge is 0.306 e. The van der Waals surface area contributed by atoms with Gasteiger partial charge in [0.25, 0.3) is 0 Å². The third-order valence-electron chi connectivity index (χ3n) is 2.24. The molecule has 1 rings (SSSR count). The average molecular weight is 244 g/mol. The first-order chi connectivity index (χ1) is 7.97. The van der Waals surface area contributed by atoms with Crippen LogP contribution >= 0.6 is 0 Å². The molecule has 1 heterocycles. The lowest BCUT2D eigenvalue weighted by Crippen LogP contribution is -2.48. The highest BCUT2D eigenvalue weighted by Gasteiger charge is 2.18. The van der Waals surface area contributed by atoms with Crippen molar-refractivity contribution in [1.29, 1.82) is 0 Å². The fraction of sp³-hybridized carbons (Fsp3) is 0.923. The fourth-order valence-corrected chi connectivity index (χ4v) is 1.60. The third-order valence-corrected chi connectivity index (χ3v) is 2.24. The van der Waals surface area contributed by atoms with Crippen LogP contribution in [0.5, 0.6) is 0 Å². The largest absolute Gasteiger partial charge is 0.460 e. The number of hydrogen-bond acceptors (Lipinski definition) is 4. The summed E-state index contributed by atoms with van der Waals surface area (Å²) in [6.07, 6.45) is 1.35. The fourth-order valence-electron chi connectivity index (χ4n) is 1.60. The molecule has 17 heavy (non-hydrogen) atoms. The van der Waals surface area contributed by atoms with Gasteiger partial charge in [0, 0.05) is 32.1 Å². The Balaban J connectivity index is 0.00000121. The Hall–Kier alpha value is -0.610. The van der Waals surface area contributed by atoms with Crippen molar-refractivity contribution < 1.29 is 9.53 Å². The van der Waals surface area contributed by atoms with Crippen LogP contribution in [0.25, 0.3) is 0 Å². The van der Waals surface area contributed by atoms with Crippen molar-refractivity contribution in [3.8, 4) is 0 Å². The monoisotopic (exact) mass is 244 g/mol. The van der Waals surface area contributed by atoms with E-state index >= 15 is 0 Å². The summed E-state index contributed by atoms with van der Waals surface area (Å²) in [5.41, 5.74) is -0.366. The molecule has 0 radical (unpaired) electrons. The summed E-state index contributed by atoms with van der Waals surface area (Å²) in [6.45, 7) is 12.6. The molecule has 0 aliphatic carbocycles. The van der Waals surface area contributed by atoms with Gasteiger partial charge in [0.1, 0.15) is 5.60 Å². The zero-order valence-electron chi connectivity index (χ0n) is 11.9. The molecule has 0 spiro atoms. The van der Waals surface area contributed by atoms with E-state index in [2.05, 4.69) is 10.6 Å². The molecule has 4 heteroatoms. The minimum atomic E-state index is -0.366. The van der Waals surface area contributed by atoms with Crippen LogP contribution in [0.3, 0.4) is 0 Å². The maximum Gasteiger partial charge on any atom is 0.306 e. The third kappa shape index (κ3) is 9.12. The molecule has 0 saturated carbocycles. The van der Waals surface area contributed by atoms with Crippen molar-refractivity contribution in [3.63, 3.8) is 0 Å². The number of esters is 1. The van der Waals surface area contributed by atoms with Gasteiger partial charge < -0.3 is 15.4 Å². The molecule has 102 valence electrons. The van der Waals surface area contributed by atoms with E-state index in [0.717, 1.165) is 26.1 Å². The van der Waals surface area contributed by atoms with Gasteiger partial charge in [-0.1, -0.05) is 13.8 Å². The number of ether oxygens (including phenoxy) is 1. The number of carbonyl (C=O) groups is 1. The van der Waals surface area contributed by atoms with Gasteiger partial charge in [-0.25, -0.2) is 0 Å². The zero-order chi connectivity index (χ0) is 13.3. The van der Waals surface area contributed by atoms with E-state index in [9.17, 15) is 4.79 Å². The Morgan fingerprint density at radius 2 is 1.94 bits per heavy atom. The van der Waals surface area contributed by atoms with E-state index in [1.807, 2.05) is 34.6 Å². The molecule has 1 saturated heterocycles. The van der Waals surface area contributed by atoms with E-state index in [0.29, 0.717) is 12.5 Å². The van der Waals surface area contributed by atoms with Crippen LogP contribution in [0.4, 0.5) is 0 Å². The number of hydrogen-bond donors (Lipinski definition) is 2. The topological polar surface area (TPSA) is 50.4 Å². The van der Waals surface area contributed by atoms with Crippen molar-refractivity contribution in [2.75, 3.05) is 19.6 Å². The predicted octanol–water partition coefficient (Wildman–Crippen LogP) is 1.70. The Kier molecular flexibility index (Phi) is 8.17. The number of piperazine rings is 1. The van der Waals surface area contributed by atoms with Gasteiger partial charge in [-0.15, -0.1) is 0 Å². The summed E-state index contributed by atoms with van der Waals surface area (Å²) in [7, 11) is 0. The van der Waals surface area contributed by atoms with Crippen molar-refractivity contribution in [2.45, 2.75) is 59.1 Å². The van der Waals surface area contributed by atoms with Crippen LogP contribution in [0.1, 0.15) is 47.5 Å². The van der Waals surface area contributed by atoms with Gasteiger partial charge in [-0.2, -0.15) is 0 Å². The number of nitrogens with one attached hydrogen (secondary N) is 2. The van der Waals surface area contributed by atoms with Gasteiger partial charge in [0.05, 0.1) is 0 Å². The summed E-state index contributed by atoms with van der Waals surface area (Å²) in [5, 5.41) is 6.66. The van der Waals surface area contributed by atoms with Crippen molar-refractivity contribution >= 4 is 5.97 Å². The van der Waals surface area contributed by atoms with E-state index in [1.54, 1.807) is 0 Å². The normalized spacial score (nSPS) is 20.2. The van der Waals surface area contributed by atoms with E-state index < -0.39 is 0 Å². The van der Waals surface area contributed by atoms with Gasteiger partial charge >= 0.3 is 5.97 Å². The van der Waals surface area contributed by atoms with Gasteiger partial charge in [-0.3, -0.25) is 4.79 Å². The molecular weight excluding hydrogens is 216 g/mol. The molecule has 1 aliphatic rings. The zero-order valence-corrected chi connectivity index (χ0v) is 11.9. The number of rotatable bonds is 3. The summed E-state index contributed by atoms with van der Waals surface area (Å²) in [6, 6.07) is 0.409.